The normalized spacial score (nSPS) is 14.7. The first-order valence-corrected chi connectivity index (χ1v) is 10.4. The zero-order valence-electron chi connectivity index (χ0n) is 15.1. The molecule has 0 aliphatic heterocycles. The predicted octanol–water partition coefficient (Wildman–Crippen LogP) is 3.36. The molecule has 0 radical (unpaired) electrons. The number of carbonyl (C=O) groups is 2. The molecule has 0 saturated heterocycles. The minimum absolute atomic E-state index is 0.0653. The predicted molar refractivity (Wildman–Crippen MR) is 103 cm³/mol. The molecule has 3 rings (SSSR count). The molecule has 0 atom stereocenters. The summed E-state index contributed by atoms with van der Waals surface area (Å²) in [4.78, 5) is 23.6. The molecule has 1 amide bonds. The van der Waals surface area contributed by atoms with E-state index in [9.17, 15) is 18.0 Å². The summed E-state index contributed by atoms with van der Waals surface area (Å²) in [6, 6.07) is 12.3. The number of sulfonamides is 1. The Bertz CT molecular complexity index is 929. The second kappa shape index (κ2) is 7.92. The second-order valence-electron chi connectivity index (χ2n) is 6.72. The summed E-state index contributed by atoms with van der Waals surface area (Å²) < 4.78 is 27.4. The first kappa shape index (κ1) is 19.1. The van der Waals surface area contributed by atoms with Gasteiger partial charge >= 0.3 is 0 Å². The van der Waals surface area contributed by atoms with E-state index in [0.717, 1.165) is 25.7 Å². The monoisotopic (exact) mass is 386 g/mol. The minimum atomic E-state index is -3.77. The Kier molecular flexibility index (Phi) is 5.60. The molecule has 27 heavy (non-hydrogen) atoms. The maximum absolute atomic E-state index is 12.5. The van der Waals surface area contributed by atoms with Crippen LogP contribution in [0, 0.1) is 0 Å². The molecule has 0 aromatic heterocycles. The lowest BCUT2D eigenvalue weighted by atomic mass is 10.1. The van der Waals surface area contributed by atoms with Crippen LogP contribution >= 0.6 is 0 Å². The molecule has 0 spiro atoms. The highest BCUT2D eigenvalue weighted by Gasteiger charge is 2.18. The first-order chi connectivity index (χ1) is 12.8. The summed E-state index contributed by atoms with van der Waals surface area (Å²) in [6.45, 7) is 1.42. The van der Waals surface area contributed by atoms with Crippen LogP contribution in [0.25, 0.3) is 0 Å². The molecule has 1 saturated carbocycles. The van der Waals surface area contributed by atoms with Gasteiger partial charge in [-0.15, -0.1) is 0 Å². The van der Waals surface area contributed by atoms with Gasteiger partial charge in [-0.3, -0.25) is 14.3 Å². The molecule has 0 bridgehead atoms. The minimum Gasteiger partial charge on any atom is -0.349 e. The Hall–Kier alpha value is -2.67. The summed E-state index contributed by atoms with van der Waals surface area (Å²) in [5.41, 5.74) is 1.31. The topological polar surface area (TPSA) is 92.3 Å². The van der Waals surface area contributed by atoms with Gasteiger partial charge in [0.05, 0.1) is 4.90 Å². The molecule has 0 heterocycles. The van der Waals surface area contributed by atoms with Gasteiger partial charge in [0, 0.05) is 22.9 Å². The molecule has 6 nitrogen and oxygen atoms in total. The maximum atomic E-state index is 12.5. The van der Waals surface area contributed by atoms with Gasteiger partial charge in [-0.05, 0) is 56.2 Å². The van der Waals surface area contributed by atoms with E-state index < -0.39 is 10.0 Å². The number of hydrogen-bond donors (Lipinski definition) is 2. The lowest BCUT2D eigenvalue weighted by Crippen LogP contribution is -2.32. The van der Waals surface area contributed by atoms with Crippen LogP contribution in [-0.4, -0.2) is 26.2 Å². The zero-order chi connectivity index (χ0) is 19.4. The van der Waals surface area contributed by atoms with E-state index in [2.05, 4.69) is 10.0 Å². The summed E-state index contributed by atoms with van der Waals surface area (Å²) in [5, 5.41) is 3.00. The Morgan fingerprint density at radius 2 is 1.44 bits per heavy atom. The highest BCUT2D eigenvalue weighted by Crippen LogP contribution is 2.20. The van der Waals surface area contributed by atoms with Gasteiger partial charge in [0.2, 0.25) is 0 Å². The maximum Gasteiger partial charge on any atom is 0.261 e. The fourth-order valence-corrected chi connectivity index (χ4v) is 4.17. The third-order valence-corrected chi connectivity index (χ3v) is 6.06. The van der Waals surface area contributed by atoms with Crippen molar-refractivity contribution in [2.75, 3.05) is 4.72 Å². The van der Waals surface area contributed by atoms with E-state index >= 15 is 0 Å². The number of hydrogen-bond acceptors (Lipinski definition) is 4. The molecule has 1 fully saturated rings. The van der Waals surface area contributed by atoms with Crippen LogP contribution in [0.15, 0.2) is 53.4 Å². The molecule has 2 N–H and O–H groups in total. The molecule has 2 aromatic carbocycles. The van der Waals surface area contributed by atoms with Crippen LogP contribution in [0.1, 0.15) is 53.3 Å². The van der Waals surface area contributed by atoms with Crippen molar-refractivity contribution in [1.29, 1.82) is 0 Å². The average Bonchev–Trinajstić information content (AvgIpc) is 3.15. The number of carbonyl (C=O) groups excluding carboxylic acids is 2. The Labute approximate surface area is 159 Å². The third kappa shape index (κ3) is 4.74. The van der Waals surface area contributed by atoms with Crippen LogP contribution < -0.4 is 10.0 Å². The van der Waals surface area contributed by atoms with Crippen molar-refractivity contribution < 1.29 is 18.0 Å². The van der Waals surface area contributed by atoms with Gasteiger partial charge < -0.3 is 5.32 Å². The van der Waals surface area contributed by atoms with E-state index in [1.165, 1.54) is 31.2 Å². The quantitative estimate of drug-likeness (QED) is 0.745. The zero-order valence-corrected chi connectivity index (χ0v) is 15.9. The van der Waals surface area contributed by atoms with Crippen molar-refractivity contribution >= 4 is 27.4 Å². The Morgan fingerprint density at radius 1 is 0.889 bits per heavy atom. The van der Waals surface area contributed by atoms with Crippen LogP contribution in [0.2, 0.25) is 0 Å². The lowest BCUT2D eigenvalue weighted by molar-refractivity contribution is 0.0937. The lowest BCUT2D eigenvalue weighted by Gasteiger charge is -2.12. The Morgan fingerprint density at radius 3 is 2.00 bits per heavy atom. The number of ketones is 1. The molecule has 7 heteroatoms. The fraction of sp³-hybridized carbons (Fsp3) is 0.300. The number of amides is 1. The number of nitrogens with one attached hydrogen (secondary N) is 2. The smallest absolute Gasteiger partial charge is 0.261 e. The molecule has 1 aliphatic rings. The molecule has 0 unspecified atom stereocenters. The first-order valence-electron chi connectivity index (χ1n) is 8.90. The van der Waals surface area contributed by atoms with Gasteiger partial charge in [0.1, 0.15) is 0 Å². The number of rotatable bonds is 6. The van der Waals surface area contributed by atoms with Gasteiger partial charge in [-0.2, -0.15) is 0 Å². The number of Topliss-reactive ketones (excluding diaryl/α,β-unsaturated/α-hetero) is 1. The standard InChI is InChI=1S/C20H22N2O4S/c1-14(23)15-8-12-19(13-9-15)27(25,26)22-18-10-6-16(7-11-18)20(24)21-17-4-2-3-5-17/h6-13,17,22H,2-5H2,1H3,(H,21,24). The van der Waals surface area contributed by atoms with Crippen molar-refractivity contribution in [3.05, 3.63) is 59.7 Å². The van der Waals surface area contributed by atoms with Gasteiger partial charge in [-0.1, -0.05) is 25.0 Å². The third-order valence-electron chi connectivity index (χ3n) is 4.66. The molecular weight excluding hydrogens is 364 g/mol. The van der Waals surface area contributed by atoms with Gasteiger partial charge in [0.15, 0.2) is 5.78 Å². The van der Waals surface area contributed by atoms with Gasteiger partial charge in [-0.25, -0.2) is 8.42 Å². The molecule has 142 valence electrons. The van der Waals surface area contributed by atoms with Crippen molar-refractivity contribution in [2.45, 2.75) is 43.5 Å². The molecule has 1 aliphatic carbocycles. The van der Waals surface area contributed by atoms with E-state index in [1.54, 1.807) is 24.3 Å². The van der Waals surface area contributed by atoms with Gasteiger partial charge in [0.25, 0.3) is 15.9 Å². The SMILES string of the molecule is CC(=O)c1ccc(S(=O)(=O)Nc2ccc(C(=O)NC3CCCC3)cc2)cc1. The van der Waals surface area contributed by atoms with E-state index in [1.807, 2.05) is 0 Å². The van der Waals surface area contributed by atoms with Crippen molar-refractivity contribution in [3.63, 3.8) is 0 Å². The number of anilines is 1. The number of benzene rings is 2. The van der Waals surface area contributed by atoms with Crippen LogP contribution in [0.5, 0.6) is 0 Å². The van der Waals surface area contributed by atoms with Crippen LogP contribution in [-0.2, 0) is 10.0 Å². The van der Waals surface area contributed by atoms with E-state index in [-0.39, 0.29) is 22.6 Å². The van der Waals surface area contributed by atoms with E-state index in [0.29, 0.717) is 16.8 Å². The van der Waals surface area contributed by atoms with Crippen molar-refractivity contribution in [2.24, 2.45) is 0 Å². The fourth-order valence-electron chi connectivity index (χ4n) is 3.11. The molecule has 2 aromatic rings. The molecular formula is C20H22N2O4S. The largest absolute Gasteiger partial charge is 0.349 e. The Balaban J connectivity index is 1.67. The van der Waals surface area contributed by atoms with Crippen molar-refractivity contribution in [1.82, 2.24) is 5.32 Å². The highest BCUT2D eigenvalue weighted by molar-refractivity contribution is 7.92. The summed E-state index contributed by atoms with van der Waals surface area (Å²) in [7, 11) is -3.77. The summed E-state index contributed by atoms with van der Waals surface area (Å²) in [5.74, 6) is -0.269. The van der Waals surface area contributed by atoms with Crippen LogP contribution in [0.4, 0.5) is 5.69 Å². The summed E-state index contributed by atoms with van der Waals surface area (Å²) >= 11 is 0. The average molecular weight is 386 g/mol. The van der Waals surface area contributed by atoms with Crippen molar-refractivity contribution in [3.8, 4) is 0 Å². The summed E-state index contributed by atoms with van der Waals surface area (Å²) in [6.07, 6.45) is 4.29. The van der Waals surface area contributed by atoms with E-state index in [4.69, 9.17) is 0 Å². The van der Waals surface area contributed by atoms with Crippen LogP contribution in [0.3, 0.4) is 0 Å². The second-order valence-corrected chi connectivity index (χ2v) is 8.40. The highest BCUT2D eigenvalue weighted by atomic mass is 32.2.